The van der Waals surface area contributed by atoms with Gasteiger partial charge in [0, 0.05) is 32.4 Å². The van der Waals surface area contributed by atoms with E-state index in [1.54, 1.807) is 6.20 Å². The number of hydrogen-bond donors (Lipinski definition) is 0. The summed E-state index contributed by atoms with van der Waals surface area (Å²) in [5, 5.41) is 3.88. The maximum atomic E-state index is 12.6. The molecule has 4 rings (SSSR count). The van der Waals surface area contributed by atoms with Crippen molar-refractivity contribution in [2.75, 3.05) is 31.1 Å². The quantitative estimate of drug-likeness (QED) is 0.842. The molecule has 2 aromatic rings. The van der Waals surface area contributed by atoms with E-state index in [0.29, 0.717) is 23.2 Å². The second-order valence-corrected chi connectivity index (χ2v) is 7.49. The van der Waals surface area contributed by atoms with E-state index in [-0.39, 0.29) is 11.8 Å². The summed E-state index contributed by atoms with van der Waals surface area (Å²) in [5.41, 5.74) is 0.673. The molecule has 26 heavy (non-hydrogen) atoms. The Morgan fingerprint density at radius 1 is 1.19 bits per heavy atom. The highest BCUT2D eigenvalue weighted by atomic mass is 16.5. The van der Waals surface area contributed by atoms with Crippen molar-refractivity contribution in [1.82, 2.24) is 20.0 Å². The third kappa shape index (κ3) is 3.43. The van der Waals surface area contributed by atoms with E-state index in [1.165, 1.54) is 0 Å². The number of carbonyl (C=O) groups excluding carboxylic acids is 1. The van der Waals surface area contributed by atoms with E-state index in [0.717, 1.165) is 51.3 Å². The average molecular weight is 355 g/mol. The van der Waals surface area contributed by atoms with Gasteiger partial charge in [0.15, 0.2) is 5.82 Å². The summed E-state index contributed by atoms with van der Waals surface area (Å²) in [4.78, 5) is 25.7. The fraction of sp³-hybridized carbons (Fsp3) is 0.579. The summed E-state index contributed by atoms with van der Waals surface area (Å²) in [7, 11) is 0. The van der Waals surface area contributed by atoms with Crippen LogP contribution in [-0.2, 0) is 0 Å². The van der Waals surface area contributed by atoms with Crippen molar-refractivity contribution in [3.8, 4) is 0 Å². The zero-order chi connectivity index (χ0) is 18.1. The molecule has 2 fully saturated rings. The molecule has 0 spiro atoms. The highest BCUT2D eigenvalue weighted by molar-refractivity contribution is 5.94. The van der Waals surface area contributed by atoms with Crippen molar-refractivity contribution in [3.63, 3.8) is 0 Å². The lowest BCUT2D eigenvalue weighted by molar-refractivity contribution is 0.0697. The molecule has 2 aliphatic rings. The van der Waals surface area contributed by atoms with Crippen LogP contribution in [0.4, 0.5) is 5.82 Å². The van der Waals surface area contributed by atoms with Crippen molar-refractivity contribution in [1.29, 1.82) is 0 Å². The number of piperidine rings is 1. The largest absolute Gasteiger partial charge is 0.356 e. The number of aryl methyl sites for hydroxylation is 1. The number of pyridine rings is 1. The number of rotatable bonds is 3. The Labute approximate surface area is 153 Å². The molecular formula is C19H25N5O2. The number of nitrogens with zero attached hydrogens (tertiary/aromatic N) is 5. The Bertz CT molecular complexity index is 764. The molecule has 1 amide bonds. The Morgan fingerprint density at radius 2 is 2.00 bits per heavy atom. The topological polar surface area (TPSA) is 75.4 Å². The Balaban J connectivity index is 1.39. The van der Waals surface area contributed by atoms with Crippen LogP contribution in [0.3, 0.4) is 0 Å². The highest BCUT2D eigenvalue weighted by Gasteiger charge is 2.29. The average Bonchev–Trinajstić information content (AvgIpc) is 3.31. The molecule has 0 aliphatic carbocycles. The van der Waals surface area contributed by atoms with Gasteiger partial charge in [0.05, 0.1) is 11.5 Å². The monoisotopic (exact) mass is 355 g/mol. The molecule has 0 N–H and O–H groups in total. The van der Waals surface area contributed by atoms with Gasteiger partial charge in [-0.3, -0.25) is 4.79 Å². The second kappa shape index (κ2) is 7.05. The first-order chi connectivity index (χ1) is 12.6. The van der Waals surface area contributed by atoms with Crippen LogP contribution in [0.5, 0.6) is 0 Å². The summed E-state index contributed by atoms with van der Waals surface area (Å²) in [5.74, 6) is 3.33. The molecule has 2 aromatic heterocycles. The van der Waals surface area contributed by atoms with Gasteiger partial charge in [-0.25, -0.2) is 4.98 Å². The van der Waals surface area contributed by atoms with Gasteiger partial charge < -0.3 is 14.3 Å². The van der Waals surface area contributed by atoms with Crippen LogP contribution in [0.15, 0.2) is 22.9 Å². The van der Waals surface area contributed by atoms with Gasteiger partial charge in [0.2, 0.25) is 5.89 Å². The van der Waals surface area contributed by atoms with Crippen molar-refractivity contribution < 1.29 is 9.32 Å². The number of hydrogen-bond acceptors (Lipinski definition) is 6. The minimum Gasteiger partial charge on any atom is -0.356 e. The lowest BCUT2D eigenvalue weighted by atomic mass is 9.99. The molecular weight excluding hydrogens is 330 g/mol. The SMILES string of the molecule is Cc1noc(C2CCN(c3ccc(C(=O)N4CCC(C)CC4)cn3)C2)n1. The van der Waals surface area contributed by atoms with E-state index in [9.17, 15) is 4.79 Å². The summed E-state index contributed by atoms with van der Waals surface area (Å²) >= 11 is 0. The van der Waals surface area contributed by atoms with Gasteiger partial charge in [-0.1, -0.05) is 12.1 Å². The molecule has 0 saturated carbocycles. The van der Waals surface area contributed by atoms with Crippen LogP contribution in [0, 0.1) is 12.8 Å². The molecule has 1 atom stereocenters. The molecule has 7 nitrogen and oxygen atoms in total. The normalized spacial score (nSPS) is 21.4. The standard InChI is InChI=1S/C19H25N5O2/c1-13-5-8-23(9-6-13)19(25)15-3-4-17(20-11-15)24-10-7-16(12-24)18-21-14(2)22-26-18/h3-4,11,13,16H,5-10,12H2,1-2H3. The maximum Gasteiger partial charge on any atom is 0.255 e. The number of aromatic nitrogens is 3. The second-order valence-electron chi connectivity index (χ2n) is 7.49. The highest BCUT2D eigenvalue weighted by Crippen LogP contribution is 2.29. The van der Waals surface area contributed by atoms with E-state index in [2.05, 4.69) is 26.9 Å². The predicted octanol–water partition coefficient (Wildman–Crippen LogP) is 2.64. The number of amides is 1. The molecule has 2 saturated heterocycles. The zero-order valence-corrected chi connectivity index (χ0v) is 15.4. The molecule has 7 heteroatoms. The third-order valence-electron chi connectivity index (χ3n) is 5.47. The first-order valence-electron chi connectivity index (χ1n) is 9.40. The van der Waals surface area contributed by atoms with Gasteiger partial charge >= 0.3 is 0 Å². The zero-order valence-electron chi connectivity index (χ0n) is 15.4. The van der Waals surface area contributed by atoms with Gasteiger partial charge in [-0.2, -0.15) is 4.98 Å². The number of anilines is 1. The summed E-state index contributed by atoms with van der Waals surface area (Å²) in [6, 6.07) is 3.84. The third-order valence-corrected chi connectivity index (χ3v) is 5.47. The van der Waals surface area contributed by atoms with E-state index >= 15 is 0 Å². The number of carbonyl (C=O) groups is 1. The van der Waals surface area contributed by atoms with Crippen LogP contribution in [0.1, 0.15) is 54.2 Å². The first kappa shape index (κ1) is 17.0. The Kier molecular flexibility index (Phi) is 4.61. The first-order valence-corrected chi connectivity index (χ1v) is 9.40. The maximum absolute atomic E-state index is 12.6. The van der Waals surface area contributed by atoms with Gasteiger partial charge in [-0.05, 0) is 44.2 Å². The molecule has 0 radical (unpaired) electrons. The van der Waals surface area contributed by atoms with Crippen LogP contribution < -0.4 is 4.90 Å². The summed E-state index contributed by atoms with van der Waals surface area (Å²) in [6.07, 6.45) is 4.85. The smallest absolute Gasteiger partial charge is 0.255 e. The van der Waals surface area contributed by atoms with Gasteiger partial charge in [0.1, 0.15) is 5.82 Å². The number of likely N-dealkylation sites (tertiary alicyclic amines) is 1. The molecule has 0 bridgehead atoms. The molecule has 138 valence electrons. The summed E-state index contributed by atoms with van der Waals surface area (Å²) in [6.45, 7) is 7.48. The Hall–Kier alpha value is -2.44. The molecule has 4 heterocycles. The van der Waals surface area contributed by atoms with Gasteiger partial charge in [-0.15, -0.1) is 0 Å². The summed E-state index contributed by atoms with van der Waals surface area (Å²) < 4.78 is 5.30. The van der Waals surface area contributed by atoms with E-state index < -0.39 is 0 Å². The van der Waals surface area contributed by atoms with Crippen LogP contribution in [0.25, 0.3) is 0 Å². The fourth-order valence-corrected chi connectivity index (χ4v) is 3.74. The van der Waals surface area contributed by atoms with Crippen LogP contribution in [0.2, 0.25) is 0 Å². The molecule has 1 unspecified atom stereocenters. The molecule has 2 aliphatic heterocycles. The van der Waals surface area contributed by atoms with Crippen molar-refractivity contribution >= 4 is 11.7 Å². The molecule has 0 aromatic carbocycles. The fourth-order valence-electron chi connectivity index (χ4n) is 3.74. The predicted molar refractivity (Wildman–Crippen MR) is 97.1 cm³/mol. The lowest BCUT2D eigenvalue weighted by Crippen LogP contribution is -2.38. The van der Waals surface area contributed by atoms with Crippen molar-refractivity contribution in [3.05, 3.63) is 35.6 Å². The van der Waals surface area contributed by atoms with E-state index in [4.69, 9.17) is 4.52 Å². The van der Waals surface area contributed by atoms with Crippen molar-refractivity contribution in [2.24, 2.45) is 5.92 Å². The minimum atomic E-state index is 0.0941. The Morgan fingerprint density at radius 3 is 2.65 bits per heavy atom. The van der Waals surface area contributed by atoms with Crippen LogP contribution in [-0.4, -0.2) is 52.1 Å². The van der Waals surface area contributed by atoms with Gasteiger partial charge in [0.25, 0.3) is 5.91 Å². The minimum absolute atomic E-state index is 0.0941. The van der Waals surface area contributed by atoms with E-state index in [1.807, 2.05) is 24.0 Å². The lowest BCUT2D eigenvalue weighted by Gasteiger charge is -2.30. The van der Waals surface area contributed by atoms with Crippen LogP contribution >= 0.6 is 0 Å². The van der Waals surface area contributed by atoms with Crippen molar-refractivity contribution in [2.45, 2.75) is 39.0 Å².